The van der Waals surface area contributed by atoms with Gasteiger partial charge in [0.1, 0.15) is 23.5 Å². The second kappa shape index (κ2) is 12.0. The van der Waals surface area contributed by atoms with Gasteiger partial charge in [-0.15, -0.1) is 0 Å². The molecule has 1 aliphatic rings. The van der Waals surface area contributed by atoms with E-state index >= 15 is 0 Å². The van der Waals surface area contributed by atoms with Crippen molar-refractivity contribution in [2.45, 2.75) is 13.0 Å². The fraction of sp³-hybridized carbons (Fsp3) is 0.167. The van der Waals surface area contributed by atoms with E-state index in [9.17, 15) is 14.4 Å². The van der Waals surface area contributed by atoms with Crippen molar-refractivity contribution >= 4 is 29.6 Å². The number of aromatic nitrogens is 2. The molecule has 1 aliphatic heterocycles. The van der Waals surface area contributed by atoms with E-state index in [1.165, 1.54) is 31.5 Å². The Kier molecular flexibility index (Phi) is 7.21. The van der Waals surface area contributed by atoms with Gasteiger partial charge in [0, 0.05) is 19.1 Å². The normalized spacial score (nSPS) is 13.7. The molecule has 37 heavy (non-hydrogen) atoms. The molecule has 2 heterocycles. The molecule has 0 saturated carbocycles. The molecule has 3 aromatic rings. The van der Waals surface area contributed by atoms with Crippen LogP contribution in [0.1, 0.15) is 40.4 Å². The lowest BCUT2D eigenvalue weighted by atomic mass is 10.1. The van der Waals surface area contributed by atoms with Crippen molar-refractivity contribution in [3.63, 3.8) is 0 Å². The summed E-state index contributed by atoms with van der Waals surface area (Å²) in [5.74, 6) is -1.13. The lowest BCUT2D eigenvalue weighted by Gasteiger charge is -2.18. The molecule has 13 nitrogen and oxygen atoms in total. The van der Waals surface area contributed by atoms with Crippen molar-refractivity contribution in [1.29, 1.82) is 0 Å². The highest BCUT2D eigenvalue weighted by Gasteiger charge is 2.17. The summed E-state index contributed by atoms with van der Waals surface area (Å²) in [6.45, 7) is -2.17. The lowest BCUT2D eigenvalue weighted by Crippen LogP contribution is -2.27. The van der Waals surface area contributed by atoms with Crippen LogP contribution in [0.3, 0.4) is 0 Å². The summed E-state index contributed by atoms with van der Waals surface area (Å²) >= 11 is 0. The smallest absolute Gasteiger partial charge is 0.270 e. The first-order valence-electron chi connectivity index (χ1n) is 11.9. The molecule has 0 atom stereocenters. The minimum Gasteiger partial charge on any atom is -0.482 e. The topological polar surface area (TPSA) is 171 Å². The fourth-order valence-electron chi connectivity index (χ4n) is 3.14. The number of fused-ring (bicyclic) bond motifs is 1. The molecule has 0 spiro atoms. The van der Waals surface area contributed by atoms with Crippen molar-refractivity contribution in [2.75, 3.05) is 19.0 Å². The number of carbonyl (C=O) groups excluding carboxylic acids is 3. The van der Waals surface area contributed by atoms with Gasteiger partial charge in [-0.1, -0.05) is 35.6 Å². The lowest BCUT2D eigenvalue weighted by molar-refractivity contribution is -0.118. The number of carbonyl (C=O) groups is 3. The number of anilines is 1. The highest BCUT2D eigenvalue weighted by Crippen LogP contribution is 2.28. The second-order valence-corrected chi connectivity index (χ2v) is 7.50. The van der Waals surface area contributed by atoms with Crippen LogP contribution in [0.4, 0.5) is 5.69 Å². The number of nitrogens with one attached hydrogen (secondary N) is 4. The summed E-state index contributed by atoms with van der Waals surface area (Å²) in [5, 5.41) is 18.4. The Morgan fingerprint density at radius 3 is 2.57 bits per heavy atom. The van der Waals surface area contributed by atoms with Gasteiger partial charge in [-0.2, -0.15) is 15.8 Å². The Hall–Kier alpha value is -5.20. The van der Waals surface area contributed by atoms with Gasteiger partial charge < -0.3 is 20.7 Å². The minimum atomic E-state index is -2.24. The van der Waals surface area contributed by atoms with E-state index in [2.05, 4.69) is 46.9 Å². The van der Waals surface area contributed by atoms with Gasteiger partial charge in [-0.3, -0.25) is 14.4 Å². The minimum absolute atomic E-state index is 0.0541. The zero-order valence-electron chi connectivity index (χ0n) is 21.6. The molecule has 0 unspecified atom stereocenters. The van der Waals surface area contributed by atoms with Crippen molar-refractivity contribution in [3.05, 3.63) is 82.9 Å². The van der Waals surface area contributed by atoms with Gasteiger partial charge >= 0.3 is 0 Å². The van der Waals surface area contributed by atoms with Crippen LogP contribution in [-0.2, 0) is 17.8 Å². The van der Waals surface area contributed by atoms with Gasteiger partial charge in [0.25, 0.3) is 17.7 Å². The van der Waals surface area contributed by atoms with Crippen LogP contribution < -0.4 is 26.2 Å². The van der Waals surface area contributed by atoms with Gasteiger partial charge in [0.2, 0.25) is 0 Å². The van der Waals surface area contributed by atoms with E-state index in [0.29, 0.717) is 22.6 Å². The van der Waals surface area contributed by atoms with E-state index in [1.54, 1.807) is 30.3 Å². The molecule has 0 aliphatic carbocycles. The van der Waals surface area contributed by atoms with Crippen molar-refractivity contribution in [2.24, 2.45) is 15.4 Å². The average Bonchev–Trinajstić information content (AvgIpc) is 2.94. The molecule has 13 heteroatoms. The van der Waals surface area contributed by atoms with Crippen molar-refractivity contribution in [1.82, 2.24) is 26.1 Å². The van der Waals surface area contributed by atoms with Crippen LogP contribution in [0.15, 0.2) is 70.3 Å². The van der Waals surface area contributed by atoms with Crippen LogP contribution >= 0.6 is 0 Å². The largest absolute Gasteiger partial charge is 0.482 e. The summed E-state index contributed by atoms with van der Waals surface area (Å²) in [6, 6.07) is 12.5. The highest BCUT2D eigenvalue weighted by atomic mass is 16.5. The summed E-state index contributed by atoms with van der Waals surface area (Å²) in [6.07, 6.45) is 2.52. The summed E-state index contributed by atoms with van der Waals surface area (Å²) in [4.78, 5) is 44.7. The van der Waals surface area contributed by atoms with E-state index in [0.717, 1.165) is 6.33 Å². The van der Waals surface area contributed by atoms with Gasteiger partial charge in [-0.25, -0.2) is 9.97 Å². The van der Waals surface area contributed by atoms with E-state index in [1.807, 2.05) is 0 Å². The fourth-order valence-corrected chi connectivity index (χ4v) is 3.14. The van der Waals surface area contributed by atoms with Gasteiger partial charge in [0.05, 0.1) is 21.7 Å². The monoisotopic (exact) mass is 503 g/mol. The van der Waals surface area contributed by atoms with Crippen LogP contribution in [0.5, 0.6) is 5.75 Å². The predicted octanol–water partition coefficient (Wildman–Crippen LogP) is 1.59. The Bertz CT molecular complexity index is 1450. The van der Waals surface area contributed by atoms with Crippen LogP contribution in [0, 0.1) is 0 Å². The third kappa shape index (κ3) is 6.91. The first kappa shape index (κ1) is 22.3. The number of ether oxygens (including phenoxy) is 1. The number of benzene rings is 2. The molecule has 4 N–H and O–H groups in total. The van der Waals surface area contributed by atoms with Gasteiger partial charge in [-0.05, 0) is 28.8 Å². The average molecular weight is 504 g/mol. The molecule has 3 amide bonds. The Balaban J connectivity index is 1.37. The quantitative estimate of drug-likeness (QED) is 0.195. The third-order valence-electron chi connectivity index (χ3n) is 4.91. The zero-order chi connectivity index (χ0) is 27.8. The third-order valence-corrected chi connectivity index (χ3v) is 4.91. The molecule has 0 radical (unpaired) electrons. The number of hydrogen-bond donors (Lipinski definition) is 4. The highest BCUT2D eigenvalue weighted by molar-refractivity contribution is 5.97. The number of nitrogens with zero attached hydrogens (tertiary/aromatic N) is 5. The van der Waals surface area contributed by atoms with Crippen LogP contribution in [0.2, 0.25) is 0 Å². The summed E-state index contributed by atoms with van der Waals surface area (Å²) in [5.41, 5.74) is 4.15. The standard InChI is InChI=1S/C24H23N9O4/c1-25-32-33-30-12-16-4-2-15(3-5-16)10-26-23(35)19-9-20(29-14-28-19)24(36)27-11-17-6-7-21-18(8-17)31-22(34)13-37-21/h2-9,12,14H,10-11,13H2,1H3,(H,25,33)(H,26,35)(H,27,36)(H,31,34)/b30-12+/i10D2. The molecule has 188 valence electrons. The van der Waals surface area contributed by atoms with Crippen molar-refractivity contribution < 1.29 is 21.9 Å². The molecule has 0 fully saturated rings. The molecular formula is C24H23N9O4. The Morgan fingerprint density at radius 2 is 1.81 bits per heavy atom. The molecule has 4 rings (SSSR count). The van der Waals surface area contributed by atoms with E-state index < -0.39 is 18.3 Å². The SMILES string of the molecule is [2H]C([2H])(NC(=O)c1cc(C(=O)NCc2ccc3c(c2)NC(=O)CO3)ncn1)c1ccc(/C=N/NN=NC)cc1. The van der Waals surface area contributed by atoms with Crippen LogP contribution in [0.25, 0.3) is 0 Å². The van der Waals surface area contributed by atoms with E-state index in [-0.39, 0.29) is 36.0 Å². The maximum atomic E-state index is 12.8. The summed E-state index contributed by atoms with van der Waals surface area (Å²) < 4.78 is 21.9. The first-order chi connectivity index (χ1) is 18.7. The maximum Gasteiger partial charge on any atom is 0.270 e. The Labute approximate surface area is 214 Å². The first-order valence-corrected chi connectivity index (χ1v) is 10.9. The predicted molar refractivity (Wildman–Crippen MR) is 133 cm³/mol. The van der Waals surface area contributed by atoms with Gasteiger partial charge in [0.15, 0.2) is 6.61 Å². The number of rotatable bonds is 9. The number of amides is 3. The maximum absolute atomic E-state index is 12.8. The Morgan fingerprint density at radius 1 is 1.08 bits per heavy atom. The zero-order valence-corrected chi connectivity index (χ0v) is 19.6. The van der Waals surface area contributed by atoms with Crippen molar-refractivity contribution in [3.8, 4) is 5.75 Å². The number of hydrazone groups is 1. The second-order valence-electron chi connectivity index (χ2n) is 7.50. The summed E-state index contributed by atoms with van der Waals surface area (Å²) in [7, 11) is 1.49. The molecular weight excluding hydrogens is 478 g/mol. The number of hydrogen-bond acceptors (Lipinski definition) is 9. The van der Waals surface area contributed by atoms with Crippen LogP contribution in [-0.4, -0.2) is 47.6 Å². The van der Waals surface area contributed by atoms with E-state index in [4.69, 9.17) is 7.48 Å². The molecule has 0 bridgehead atoms. The molecule has 0 saturated heterocycles. The molecule has 2 aromatic carbocycles. The molecule has 1 aromatic heterocycles.